The maximum absolute atomic E-state index is 5.76. The second-order valence-corrected chi connectivity index (χ2v) is 6.06. The first-order valence-electron chi connectivity index (χ1n) is 7.37. The van der Waals surface area contributed by atoms with Crippen molar-refractivity contribution in [1.82, 2.24) is 0 Å². The van der Waals surface area contributed by atoms with E-state index in [0.717, 1.165) is 56.0 Å². The van der Waals surface area contributed by atoms with Gasteiger partial charge in [0.25, 0.3) is 0 Å². The van der Waals surface area contributed by atoms with E-state index in [1.165, 1.54) is 12.8 Å². The third-order valence-corrected chi connectivity index (χ3v) is 3.76. The third-order valence-electron chi connectivity index (χ3n) is 2.64. The molecule has 0 fully saturated rings. The van der Waals surface area contributed by atoms with Crippen LogP contribution in [0.25, 0.3) is 0 Å². The van der Waals surface area contributed by atoms with Crippen molar-refractivity contribution in [2.24, 2.45) is 0 Å². The molecule has 0 unspecified atom stereocenters. The van der Waals surface area contributed by atoms with Crippen LogP contribution in [-0.2, 0) is 9.31 Å². The Morgan fingerprint density at radius 3 is 1.95 bits per heavy atom. The van der Waals surface area contributed by atoms with Gasteiger partial charge < -0.3 is 9.31 Å². The van der Waals surface area contributed by atoms with Gasteiger partial charge in [0, 0.05) is 23.9 Å². The second kappa shape index (κ2) is 16.7. The molecule has 0 aliphatic heterocycles. The summed E-state index contributed by atoms with van der Waals surface area (Å²) in [6.07, 6.45) is 10.2. The summed E-state index contributed by atoms with van der Waals surface area (Å²) in [5, 5.41) is 2.08. The zero-order chi connectivity index (χ0) is 14.2. The summed E-state index contributed by atoms with van der Waals surface area (Å²) in [4.78, 5) is 0. The molecule has 0 N–H and O–H groups in total. The first-order chi connectivity index (χ1) is 9.35. The van der Waals surface area contributed by atoms with Gasteiger partial charge in [-0.15, -0.1) is 0 Å². The molecule has 0 aromatic heterocycles. The summed E-state index contributed by atoms with van der Waals surface area (Å²) in [5.41, 5.74) is 0. The van der Waals surface area contributed by atoms with Crippen LogP contribution in [0, 0.1) is 0 Å². The Balaban J connectivity index is 3.81. The highest BCUT2D eigenvalue weighted by Gasteiger charge is 2.13. The van der Waals surface area contributed by atoms with E-state index in [0.29, 0.717) is 0 Å². The lowest BCUT2D eigenvalue weighted by Gasteiger charge is -2.11. The van der Waals surface area contributed by atoms with Gasteiger partial charge in [0.05, 0.1) is 0 Å². The summed E-state index contributed by atoms with van der Waals surface area (Å²) in [5.74, 6) is 2.07. The molecule has 0 aromatic rings. The zero-order valence-corrected chi connectivity index (χ0v) is 15.3. The van der Waals surface area contributed by atoms with E-state index in [-0.39, 0.29) is 7.12 Å². The van der Waals surface area contributed by atoms with E-state index in [9.17, 15) is 0 Å². The van der Waals surface area contributed by atoms with E-state index in [4.69, 9.17) is 9.31 Å². The molecule has 0 bridgehead atoms. The summed E-state index contributed by atoms with van der Waals surface area (Å²) in [6, 6.07) is 0. The standard InChI is InChI=1S/C14H27BBr2O2/c1-2-3-4-5-10-15(18-13-8-6-11-16)19-14-9-7-12-17/h5,10H,2-4,6-9,11-14H2,1H3/b10-5+. The predicted molar refractivity (Wildman–Crippen MR) is 92.4 cm³/mol. The van der Waals surface area contributed by atoms with Gasteiger partial charge in [0.1, 0.15) is 0 Å². The highest BCUT2D eigenvalue weighted by Crippen LogP contribution is 2.03. The van der Waals surface area contributed by atoms with Crippen LogP contribution in [0.3, 0.4) is 0 Å². The number of alkyl halides is 2. The van der Waals surface area contributed by atoms with Gasteiger partial charge in [0.2, 0.25) is 0 Å². The number of hydrogen-bond acceptors (Lipinski definition) is 2. The zero-order valence-electron chi connectivity index (χ0n) is 12.1. The number of halogens is 2. The molecule has 0 spiro atoms. The van der Waals surface area contributed by atoms with Crippen LogP contribution < -0.4 is 0 Å². The summed E-state index contributed by atoms with van der Waals surface area (Å²) >= 11 is 6.86. The Morgan fingerprint density at radius 1 is 0.895 bits per heavy atom. The molecule has 0 atom stereocenters. The molecule has 5 heteroatoms. The molecule has 0 radical (unpaired) electrons. The molecular weight excluding hydrogens is 371 g/mol. The SMILES string of the molecule is CCCC/C=C/B(OCCCCBr)OCCCCBr. The highest BCUT2D eigenvalue weighted by atomic mass is 79.9. The second-order valence-electron chi connectivity index (χ2n) is 4.47. The molecule has 0 aromatic carbocycles. The number of allylic oxidation sites excluding steroid dienone is 1. The van der Waals surface area contributed by atoms with E-state index < -0.39 is 0 Å². The van der Waals surface area contributed by atoms with Gasteiger partial charge in [0.15, 0.2) is 0 Å². The lowest BCUT2D eigenvalue weighted by Crippen LogP contribution is -2.22. The molecule has 0 aliphatic carbocycles. The minimum absolute atomic E-state index is 0.164. The summed E-state index contributed by atoms with van der Waals surface area (Å²) < 4.78 is 11.5. The largest absolute Gasteiger partial charge is 0.485 e. The Bertz CT molecular complexity index is 192. The van der Waals surface area contributed by atoms with Crippen molar-refractivity contribution in [3.63, 3.8) is 0 Å². The van der Waals surface area contributed by atoms with Gasteiger partial charge in [-0.2, -0.15) is 0 Å². The van der Waals surface area contributed by atoms with Crippen molar-refractivity contribution in [3.05, 3.63) is 12.1 Å². The van der Waals surface area contributed by atoms with Crippen molar-refractivity contribution in [1.29, 1.82) is 0 Å². The Labute approximate surface area is 136 Å². The van der Waals surface area contributed by atoms with Gasteiger partial charge >= 0.3 is 7.12 Å². The van der Waals surface area contributed by atoms with Crippen LogP contribution in [0.5, 0.6) is 0 Å². The summed E-state index contributed by atoms with van der Waals surface area (Å²) in [7, 11) is -0.164. The van der Waals surface area contributed by atoms with Gasteiger partial charge in [-0.25, -0.2) is 0 Å². The summed E-state index contributed by atoms with van der Waals surface area (Å²) in [6.45, 7) is 3.75. The molecule has 19 heavy (non-hydrogen) atoms. The first kappa shape index (κ1) is 19.7. The topological polar surface area (TPSA) is 18.5 Å². The van der Waals surface area contributed by atoms with Gasteiger partial charge in [-0.3, -0.25) is 0 Å². The molecule has 0 rings (SSSR count). The number of hydrogen-bond donors (Lipinski definition) is 0. The molecule has 0 amide bonds. The van der Waals surface area contributed by atoms with E-state index in [1.807, 2.05) is 0 Å². The smallest absolute Gasteiger partial charge is 0.408 e. The van der Waals surface area contributed by atoms with E-state index >= 15 is 0 Å². The number of unbranched alkanes of at least 4 members (excludes halogenated alkanes) is 4. The minimum atomic E-state index is -0.164. The minimum Gasteiger partial charge on any atom is -0.408 e. The van der Waals surface area contributed by atoms with Gasteiger partial charge in [-0.05, 0) is 32.1 Å². The molecular formula is C14H27BBr2O2. The van der Waals surface area contributed by atoms with Gasteiger partial charge in [-0.1, -0.05) is 63.7 Å². The monoisotopic (exact) mass is 396 g/mol. The van der Waals surface area contributed by atoms with Crippen LogP contribution in [-0.4, -0.2) is 31.0 Å². The molecule has 0 saturated heterocycles. The quantitative estimate of drug-likeness (QED) is 0.229. The van der Waals surface area contributed by atoms with Crippen molar-refractivity contribution in [2.75, 3.05) is 23.9 Å². The predicted octanol–water partition coefficient (Wildman–Crippen LogP) is 5.14. The van der Waals surface area contributed by atoms with Crippen LogP contribution in [0.1, 0.15) is 51.9 Å². The maximum Gasteiger partial charge on any atom is 0.485 e. The maximum atomic E-state index is 5.76. The molecule has 0 heterocycles. The molecule has 0 aliphatic rings. The molecule has 2 nitrogen and oxygen atoms in total. The molecule has 112 valence electrons. The normalized spacial score (nSPS) is 11.3. The Kier molecular flexibility index (Phi) is 17.3. The van der Waals surface area contributed by atoms with Crippen LogP contribution in [0.4, 0.5) is 0 Å². The fourth-order valence-electron chi connectivity index (χ4n) is 1.48. The van der Waals surface area contributed by atoms with E-state index in [2.05, 4.69) is 50.8 Å². The van der Waals surface area contributed by atoms with Crippen molar-refractivity contribution >= 4 is 39.0 Å². The van der Waals surface area contributed by atoms with Crippen LogP contribution in [0.2, 0.25) is 0 Å². The average molecular weight is 398 g/mol. The van der Waals surface area contributed by atoms with Crippen molar-refractivity contribution < 1.29 is 9.31 Å². The first-order valence-corrected chi connectivity index (χ1v) is 9.61. The Hall–Kier alpha value is 0.685. The highest BCUT2D eigenvalue weighted by molar-refractivity contribution is 9.09. The lowest BCUT2D eigenvalue weighted by atomic mass is 9.88. The van der Waals surface area contributed by atoms with Crippen LogP contribution in [0.15, 0.2) is 12.1 Å². The van der Waals surface area contributed by atoms with Crippen molar-refractivity contribution in [3.8, 4) is 0 Å². The third kappa shape index (κ3) is 14.9. The molecule has 0 saturated carbocycles. The average Bonchev–Trinajstić information content (AvgIpc) is 2.43. The lowest BCUT2D eigenvalue weighted by molar-refractivity contribution is 0.201. The van der Waals surface area contributed by atoms with Crippen molar-refractivity contribution in [2.45, 2.75) is 51.9 Å². The fourth-order valence-corrected chi connectivity index (χ4v) is 2.27. The van der Waals surface area contributed by atoms with Crippen LogP contribution >= 0.6 is 31.9 Å². The number of rotatable bonds is 14. The fraction of sp³-hybridized carbons (Fsp3) is 0.857. The Morgan fingerprint density at radius 2 is 1.47 bits per heavy atom. The van der Waals surface area contributed by atoms with E-state index in [1.54, 1.807) is 0 Å².